The fourth-order valence-corrected chi connectivity index (χ4v) is 3.77. The smallest absolute Gasteiger partial charge is 0.306 e. The number of hydrogen-bond acceptors (Lipinski definition) is 3. The Labute approximate surface area is 136 Å². The average molecular weight is 317 g/mol. The zero-order chi connectivity index (χ0) is 16.4. The molecule has 0 aliphatic carbocycles. The molecule has 0 bridgehead atoms. The molecule has 23 heavy (non-hydrogen) atoms. The highest BCUT2D eigenvalue weighted by Gasteiger charge is 2.40. The first-order chi connectivity index (χ1) is 11.1. The van der Waals surface area contributed by atoms with Gasteiger partial charge in [0.1, 0.15) is 0 Å². The van der Waals surface area contributed by atoms with Gasteiger partial charge >= 0.3 is 5.97 Å². The van der Waals surface area contributed by atoms with Crippen LogP contribution in [-0.4, -0.2) is 48.2 Å². The zero-order valence-corrected chi connectivity index (χ0v) is 13.4. The molecule has 1 amide bonds. The molecule has 4 atom stereocenters. The van der Waals surface area contributed by atoms with Crippen LogP contribution in [0.25, 0.3) is 0 Å². The van der Waals surface area contributed by atoms with Crippen LogP contribution in [-0.2, 0) is 14.3 Å². The third-order valence-corrected chi connectivity index (χ3v) is 5.16. The molecule has 124 valence electrons. The number of carbonyl (C=O) groups is 2. The second-order valence-electron chi connectivity index (χ2n) is 6.66. The lowest BCUT2D eigenvalue weighted by Crippen LogP contribution is -2.48. The van der Waals surface area contributed by atoms with Crippen molar-refractivity contribution in [3.05, 3.63) is 35.9 Å². The van der Waals surface area contributed by atoms with E-state index in [9.17, 15) is 14.7 Å². The number of carboxylic acid groups (broad SMARTS) is 1. The minimum Gasteiger partial charge on any atom is -0.481 e. The quantitative estimate of drug-likeness (QED) is 0.926. The first-order valence-electron chi connectivity index (χ1n) is 8.22. The van der Waals surface area contributed by atoms with E-state index in [2.05, 4.69) is 0 Å². The van der Waals surface area contributed by atoms with Gasteiger partial charge in [-0.15, -0.1) is 0 Å². The van der Waals surface area contributed by atoms with E-state index in [0.29, 0.717) is 32.7 Å². The normalized spacial score (nSPS) is 31.1. The maximum atomic E-state index is 12.9. The molecular formula is C18H23NO4. The minimum atomic E-state index is -0.754. The van der Waals surface area contributed by atoms with Gasteiger partial charge in [0.15, 0.2) is 0 Å². The summed E-state index contributed by atoms with van der Waals surface area (Å²) in [6.45, 7) is 3.98. The number of likely N-dealkylation sites (tertiary alicyclic amines) is 1. The summed E-state index contributed by atoms with van der Waals surface area (Å²) in [6, 6.07) is 10.0. The lowest BCUT2D eigenvalue weighted by Gasteiger charge is -2.36. The van der Waals surface area contributed by atoms with Crippen molar-refractivity contribution in [2.24, 2.45) is 17.8 Å². The highest BCUT2D eigenvalue weighted by molar-refractivity contribution is 5.81. The summed E-state index contributed by atoms with van der Waals surface area (Å²) in [6.07, 6.45) is 0.534. The van der Waals surface area contributed by atoms with Crippen molar-refractivity contribution in [3.63, 3.8) is 0 Å². The second-order valence-corrected chi connectivity index (χ2v) is 6.66. The summed E-state index contributed by atoms with van der Waals surface area (Å²) in [5, 5.41) is 9.21. The molecule has 2 saturated heterocycles. The SMILES string of the molecule is C[C@@H]1CN(C(=O)C2COCC2c2ccccc2)CC[C@@H]1C(=O)O. The van der Waals surface area contributed by atoms with Crippen molar-refractivity contribution in [2.75, 3.05) is 26.3 Å². The van der Waals surface area contributed by atoms with Crippen LogP contribution in [0.1, 0.15) is 24.8 Å². The van der Waals surface area contributed by atoms with E-state index in [1.54, 1.807) is 0 Å². The maximum Gasteiger partial charge on any atom is 0.306 e. The van der Waals surface area contributed by atoms with Crippen LogP contribution in [0.4, 0.5) is 0 Å². The van der Waals surface area contributed by atoms with Crippen LogP contribution in [0.15, 0.2) is 30.3 Å². The molecular weight excluding hydrogens is 294 g/mol. The van der Waals surface area contributed by atoms with Crippen molar-refractivity contribution < 1.29 is 19.4 Å². The van der Waals surface area contributed by atoms with E-state index in [0.717, 1.165) is 5.56 Å². The molecule has 0 spiro atoms. The van der Waals surface area contributed by atoms with E-state index in [1.165, 1.54) is 0 Å². The van der Waals surface area contributed by atoms with Crippen molar-refractivity contribution >= 4 is 11.9 Å². The van der Waals surface area contributed by atoms with Gasteiger partial charge in [0.2, 0.25) is 5.91 Å². The number of carbonyl (C=O) groups excluding carboxylic acids is 1. The van der Waals surface area contributed by atoms with Gasteiger partial charge in [-0.25, -0.2) is 0 Å². The van der Waals surface area contributed by atoms with Crippen molar-refractivity contribution in [1.29, 1.82) is 0 Å². The van der Waals surface area contributed by atoms with Gasteiger partial charge in [-0.1, -0.05) is 37.3 Å². The number of rotatable bonds is 3. The van der Waals surface area contributed by atoms with Gasteiger partial charge < -0.3 is 14.7 Å². The molecule has 0 saturated carbocycles. The van der Waals surface area contributed by atoms with Crippen LogP contribution >= 0.6 is 0 Å². The Morgan fingerprint density at radius 3 is 2.57 bits per heavy atom. The molecule has 2 aliphatic rings. The summed E-state index contributed by atoms with van der Waals surface area (Å²) in [4.78, 5) is 25.9. The molecule has 2 aliphatic heterocycles. The Morgan fingerprint density at radius 2 is 1.91 bits per heavy atom. The number of nitrogens with zero attached hydrogens (tertiary/aromatic N) is 1. The molecule has 3 rings (SSSR count). The van der Waals surface area contributed by atoms with Gasteiger partial charge in [0.05, 0.1) is 25.0 Å². The van der Waals surface area contributed by atoms with Gasteiger partial charge in [-0.05, 0) is 17.9 Å². The van der Waals surface area contributed by atoms with E-state index < -0.39 is 5.97 Å². The lowest BCUT2D eigenvalue weighted by atomic mass is 9.84. The third-order valence-electron chi connectivity index (χ3n) is 5.16. The summed E-state index contributed by atoms with van der Waals surface area (Å²) in [5.74, 6) is -1.07. The predicted molar refractivity (Wildman–Crippen MR) is 85.0 cm³/mol. The van der Waals surface area contributed by atoms with E-state index in [-0.39, 0.29) is 29.6 Å². The Morgan fingerprint density at radius 1 is 1.17 bits per heavy atom. The number of carboxylic acids is 1. The van der Waals surface area contributed by atoms with E-state index in [4.69, 9.17) is 4.74 Å². The Hall–Kier alpha value is -1.88. The van der Waals surface area contributed by atoms with E-state index in [1.807, 2.05) is 42.2 Å². The van der Waals surface area contributed by atoms with E-state index >= 15 is 0 Å². The molecule has 1 N–H and O–H groups in total. The van der Waals surface area contributed by atoms with Crippen LogP contribution < -0.4 is 0 Å². The number of ether oxygens (including phenoxy) is 1. The second kappa shape index (κ2) is 6.71. The Balaban J connectivity index is 1.69. The fraction of sp³-hybridized carbons (Fsp3) is 0.556. The monoisotopic (exact) mass is 317 g/mol. The van der Waals surface area contributed by atoms with Crippen LogP contribution in [0, 0.1) is 17.8 Å². The van der Waals surface area contributed by atoms with Crippen molar-refractivity contribution in [2.45, 2.75) is 19.3 Å². The molecule has 2 unspecified atom stereocenters. The van der Waals surface area contributed by atoms with Crippen molar-refractivity contribution in [1.82, 2.24) is 4.90 Å². The highest BCUT2D eigenvalue weighted by atomic mass is 16.5. The molecule has 2 fully saturated rings. The molecule has 0 radical (unpaired) electrons. The Bertz CT molecular complexity index is 574. The molecule has 5 heteroatoms. The summed E-state index contributed by atoms with van der Waals surface area (Å²) < 4.78 is 5.58. The first kappa shape index (κ1) is 16.0. The fourth-order valence-electron chi connectivity index (χ4n) is 3.77. The molecule has 5 nitrogen and oxygen atoms in total. The van der Waals surface area contributed by atoms with Crippen molar-refractivity contribution in [3.8, 4) is 0 Å². The largest absolute Gasteiger partial charge is 0.481 e. The lowest BCUT2D eigenvalue weighted by molar-refractivity contribution is -0.149. The number of aliphatic carboxylic acids is 1. The summed E-state index contributed by atoms with van der Waals surface area (Å²) in [7, 11) is 0. The topological polar surface area (TPSA) is 66.8 Å². The Kier molecular flexibility index (Phi) is 4.66. The summed E-state index contributed by atoms with van der Waals surface area (Å²) in [5.41, 5.74) is 1.14. The number of amides is 1. The highest BCUT2D eigenvalue weighted by Crippen LogP contribution is 2.34. The van der Waals surface area contributed by atoms with Gasteiger partial charge in [0, 0.05) is 19.0 Å². The van der Waals surface area contributed by atoms with Crippen LogP contribution in [0.2, 0.25) is 0 Å². The number of benzene rings is 1. The number of piperidine rings is 1. The standard InChI is InChI=1S/C18H23NO4/c1-12-9-19(8-7-14(12)18(21)22)17(20)16-11-23-10-15(16)13-5-3-2-4-6-13/h2-6,12,14-16H,7-11H2,1H3,(H,21,22)/t12-,14+,15?,16?/m1/s1. The number of hydrogen-bond donors (Lipinski definition) is 1. The molecule has 1 aromatic carbocycles. The minimum absolute atomic E-state index is 0.0114. The zero-order valence-electron chi connectivity index (χ0n) is 13.4. The average Bonchev–Trinajstić information content (AvgIpc) is 3.04. The van der Waals surface area contributed by atoms with Crippen LogP contribution in [0.3, 0.4) is 0 Å². The van der Waals surface area contributed by atoms with Gasteiger partial charge in [0.25, 0.3) is 0 Å². The van der Waals surface area contributed by atoms with Gasteiger partial charge in [-0.3, -0.25) is 9.59 Å². The van der Waals surface area contributed by atoms with Crippen LogP contribution in [0.5, 0.6) is 0 Å². The first-order valence-corrected chi connectivity index (χ1v) is 8.22. The summed E-state index contributed by atoms with van der Waals surface area (Å²) >= 11 is 0. The third kappa shape index (κ3) is 3.24. The molecule has 2 heterocycles. The maximum absolute atomic E-state index is 12.9. The van der Waals surface area contributed by atoms with Gasteiger partial charge in [-0.2, -0.15) is 0 Å². The molecule has 1 aromatic rings. The predicted octanol–water partition coefficient (Wildman–Crippen LogP) is 1.99. The molecule has 0 aromatic heterocycles.